The molecular formula is C12H19N3O. The fraction of sp³-hybridized carbons (Fsp3) is 0.667. The molecule has 2 atom stereocenters. The van der Waals surface area contributed by atoms with Gasteiger partial charge in [-0.05, 0) is 18.3 Å². The Kier molecular flexibility index (Phi) is 3.39. The van der Waals surface area contributed by atoms with Crippen molar-refractivity contribution in [1.82, 2.24) is 9.97 Å². The second kappa shape index (κ2) is 4.78. The Labute approximate surface area is 96.3 Å². The van der Waals surface area contributed by atoms with Crippen molar-refractivity contribution in [3.05, 3.63) is 18.1 Å². The third-order valence-electron chi connectivity index (χ3n) is 3.03. The summed E-state index contributed by atoms with van der Waals surface area (Å²) in [6.07, 6.45) is 4.67. The van der Waals surface area contributed by atoms with Gasteiger partial charge in [0, 0.05) is 13.1 Å². The van der Waals surface area contributed by atoms with Gasteiger partial charge in [0.2, 0.25) is 0 Å². The number of aliphatic hydroxyl groups excluding tert-OH is 1. The van der Waals surface area contributed by atoms with E-state index in [4.69, 9.17) is 5.11 Å². The van der Waals surface area contributed by atoms with Crippen molar-refractivity contribution in [1.29, 1.82) is 0 Å². The fourth-order valence-corrected chi connectivity index (χ4v) is 2.47. The first-order chi connectivity index (χ1) is 7.69. The van der Waals surface area contributed by atoms with Gasteiger partial charge in [-0.1, -0.05) is 13.8 Å². The smallest absolute Gasteiger partial charge is 0.147 e. The molecule has 1 saturated heterocycles. The van der Waals surface area contributed by atoms with Crippen LogP contribution in [0.5, 0.6) is 0 Å². The van der Waals surface area contributed by atoms with Gasteiger partial charge in [0.1, 0.15) is 5.82 Å². The molecule has 1 aliphatic heterocycles. The summed E-state index contributed by atoms with van der Waals surface area (Å²) in [6, 6.07) is 0. The number of nitrogens with zero attached hydrogens (tertiary/aromatic N) is 3. The van der Waals surface area contributed by atoms with Crippen LogP contribution in [0.1, 0.15) is 26.0 Å². The van der Waals surface area contributed by atoms with E-state index in [1.165, 1.54) is 6.42 Å². The molecule has 0 aromatic carbocycles. The van der Waals surface area contributed by atoms with Crippen molar-refractivity contribution in [2.75, 3.05) is 18.0 Å². The normalized spacial score (nSPS) is 25.8. The molecule has 2 unspecified atom stereocenters. The summed E-state index contributed by atoms with van der Waals surface area (Å²) < 4.78 is 0. The SMILES string of the molecule is CC1CC(C)CN(c2cncc(CO)n2)C1. The highest BCUT2D eigenvalue weighted by atomic mass is 16.3. The van der Waals surface area contributed by atoms with Crippen LogP contribution >= 0.6 is 0 Å². The summed E-state index contributed by atoms with van der Waals surface area (Å²) in [5, 5.41) is 9.04. The summed E-state index contributed by atoms with van der Waals surface area (Å²) in [5.74, 6) is 2.29. The number of anilines is 1. The first-order valence-corrected chi connectivity index (χ1v) is 5.85. The molecule has 1 aliphatic rings. The standard InChI is InChI=1S/C12H19N3O/c1-9-3-10(2)7-15(6-9)12-5-13-4-11(8-16)14-12/h4-5,9-10,16H,3,6-8H2,1-2H3. The maximum Gasteiger partial charge on any atom is 0.147 e. The lowest BCUT2D eigenvalue weighted by atomic mass is 9.92. The Morgan fingerprint density at radius 3 is 2.62 bits per heavy atom. The quantitative estimate of drug-likeness (QED) is 0.821. The van der Waals surface area contributed by atoms with Crippen LogP contribution in [0.25, 0.3) is 0 Å². The van der Waals surface area contributed by atoms with E-state index in [0.717, 1.165) is 18.9 Å². The molecule has 2 rings (SSSR count). The van der Waals surface area contributed by atoms with E-state index in [2.05, 4.69) is 28.7 Å². The van der Waals surface area contributed by atoms with E-state index < -0.39 is 0 Å². The maximum absolute atomic E-state index is 9.04. The Balaban J connectivity index is 2.16. The third kappa shape index (κ3) is 2.50. The highest BCUT2D eigenvalue weighted by Crippen LogP contribution is 2.24. The van der Waals surface area contributed by atoms with Crippen LogP contribution < -0.4 is 4.90 Å². The molecule has 1 N–H and O–H groups in total. The molecule has 1 aromatic heterocycles. The lowest BCUT2D eigenvalue weighted by Gasteiger charge is -2.35. The van der Waals surface area contributed by atoms with Crippen molar-refractivity contribution in [2.24, 2.45) is 11.8 Å². The third-order valence-corrected chi connectivity index (χ3v) is 3.03. The monoisotopic (exact) mass is 221 g/mol. The van der Waals surface area contributed by atoms with Crippen LogP contribution in [0.3, 0.4) is 0 Å². The average Bonchev–Trinajstić information content (AvgIpc) is 2.28. The fourth-order valence-electron chi connectivity index (χ4n) is 2.47. The summed E-state index contributed by atoms with van der Waals surface area (Å²) in [6.45, 7) is 6.57. The van der Waals surface area contributed by atoms with Gasteiger partial charge in [0.25, 0.3) is 0 Å². The highest BCUT2D eigenvalue weighted by Gasteiger charge is 2.22. The zero-order chi connectivity index (χ0) is 11.5. The van der Waals surface area contributed by atoms with Crippen LogP contribution in [0, 0.1) is 11.8 Å². The number of piperidine rings is 1. The molecule has 0 spiro atoms. The lowest BCUT2D eigenvalue weighted by molar-refractivity contribution is 0.276. The molecular weight excluding hydrogens is 202 g/mol. The maximum atomic E-state index is 9.04. The topological polar surface area (TPSA) is 49.2 Å². The molecule has 88 valence electrons. The average molecular weight is 221 g/mol. The van der Waals surface area contributed by atoms with Crippen LogP contribution in [0.2, 0.25) is 0 Å². The molecule has 1 aromatic rings. The summed E-state index contributed by atoms with van der Waals surface area (Å²) in [5.41, 5.74) is 0.642. The Morgan fingerprint density at radius 1 is 1.31 bits per heavy atom. The largest absolute Gasteiger partial charge is 0.390 e. The van der Waals surface area contributed by atoms with Crippen LogP contribution in [0.4, 0.5) is 5.82 Å². The van der Waals surface area contributed by atoms with Gasteiger partial charge < -0.3 is 10.0 Å². The number of hydrogen-bond acceptors (Lipinski definition) is 4. The van der Waals surface area contributed by atoms with Crippen molar-refractivity contribution < 1.29 is 5.11 Å². The molecule has 4 nitrogen and oxygen atoms in total. The first kappa shape index (κ1) is 11.3. The van der Waals surface area contributed by atoms with Gasteiger partial charge in [0.15, 0.2) is 0 Å². The van der Waals surface area contributed by atoms with Gasteiger partial charge in [-0.2, -0.15) is 0 Å². The number of aliphatic hydroxyl groups is 1. The van der Waals surface area contributed by atoms with E-state index in [0.29, 0.717) is 17.5 Å². The van der Waals surface area contributed by atoms with Crippen LogP contribution in [0.15, 0.2) is 12.4 Å². The predicted molar refractivity (Wildman–Crippen MR) is 63.1 cm³/mol. The van der Waals surface area contributed by atoms with E-state index in [9.17, 15) is 0 Å². The van der Waals surface area contributed by atoms with Crippen LogP contribution in [-0.4, -0.2) is 28.2 Å². The van der Waals surface area contributed by atoms with Crippen molar-refractivity contribution in [2.45, 2.75) is 26.9 Å². The molecule has 0 aliphatic carbocycles. The minimum absolute atomic E-state index is 0.0419. The van der Waals surface area contributed by atoms with Gasteiger partial charge >= 0.3 is 0 Å². The molecule has 1 fully saturated rings. The minimum Gasteiger partial charge on any atom is -0.390 e. The highest BCUT2D eigenvalue weighted by molar-refractivity contribution is 5.37. The van der Waals surface area contributed by atoms with E-state index in [1.807, 2.05) is 0 Å². The summed E-state index contributed by atoms with van der Waals surface area (Å²) in [7, 11) is 0. The van der Waals surface area contributed by atoms with E-state index in [1.54, 1.807) is 12.4 Å². The van der Waals surface area contributed by atoms with Gasteiger partial charge in [-0.15, -0.1) is 0 Å². The summed E-state index contributed by atoms with van der Waals surface area (Å²) in [4.78, 5) is 10.8. The van der Waals surface area contributed by atoms with Crippen LogP contribution in [-0.2, 0) is 6.61 Å². The molecule has 16 heavy (non-hydrogen) atoms. The predicted octanol–water partition coefficient (Wildman–Crippen LogP) is 1.45. The number of aromatic nitrogens is 2. The number of rotatable bonds is 2. The van der Waals surface area contributed by atoms with E-state index >= 15 is 0 Å². The Hall–Kier alpha value is -1.16. The minimum atomic E-state index is -0.0419. The second-order valence-corrected chi connectivity index (χ2v) is 4.88. The Morgan fingerprint density at radius 2 is 2.00 bits per heavy atom. The lowest BCUT2D eigenvalue weighted by Crippen LogP contribution is -2.39. The summed E-state index contributed by atoms with van der Waals surface area (Å²) >= 11 is 0. The molecule has 0 amide bonds. The van der Waals surface area contributed by atoms with E-state index in [-0.39, 0.29) is 6.61 Å². The molecule has 0 radical (unpaired) electrons. The molecule has 4 heteroatoms. The Bertz CT molecular complexity index is 346. The molecule has 0 saturated carbocycles. The molecule has 2 heterocycles. The van der Waals surface area contributed by atoms with Crippen molar-refractivity contribution in [3.63, 3.8) is 0 Å². The van der Waals surface area contributed by atoms with Gasteiger partial charge in [-0.3, -0.25) is 4.98 Å². The zero-order valence-corrected chi connectivity index (χ0v) is 9.93. The number of hydrogen-bond donors (Lipinski definition) is 1. The van der Waals surface area contributed by atoms with Crippen molar-refractivity contribution in [3.8, 4) is 0 Å². The first-order valence-electron chi connectivity index (χ1n) is 5.85. The zero-order valence-electron chi connectivity index (χ0n) is 9.93. The van der Waals surface area contributed by atoms with Crippen molar-refractivity contribution >= 4 is 5.82 Å². The van der Waals surface area contributed by atoms with Gasteiger partial charge in [-0.25, -0.2) is 4.98 Å². The van der Waals surface area contributed by atoms with Gasteiger partial charge in [0.05, 0.1) is 24.7 Å². The second-order valence-electron chi connectivity index (χ2n) is 4.88. The molecule has 0 bridgehead atoms.